The molecule has 5 heteroatoms. The molecule has 0 aromatic carbocycles. The number of nitrogen functional groups attached to an aromatic ring is 1. The molecule has 1 aromatic heterocycles. The number of hydrogen-bond acceptors (Lipinski definition) is 5. The lowest BCUT2D eigenvalue weighted by molar-refractivity contribution is 0.170. The first kappa shape index (κ1) is 14.7. The molecule has 2 N–H and O–H groups in total. The normalized spacial score (nSPS) is 12.4. The number of aryl methyl sites for hydroxylation is 1. The Hall–Kier alpha value is -1.33. The van der Waals surface area contributed by atoms with Crippen LogP contribution in [0.5, 0.6) is 0 Å². The summed E-state index contributed by atoms with van der Waals surface area (Å²) in [5, 5.41) is 0. The summed E-state index contributed by atoms with van der Waals surface area (Å²) in [5.74, 6) is 0.861. The van der Waals surface area contributed by atoms with Gasteiger partial charge in [-0.25, -0.2) is 4.98 Å². The van der Waals surface area contributed by atoms with Crippen molar-refractivity contribution in [2.75, 3.05) is 44.6 Å². The second-order valence-corrected chi connectivity index (χ2v) is 4.39. The average molecular weight is 253 g/mol. The van der Waals surface area contributed by atoms with Crippen molar-refractivity contribution < 1.29 is 9.47 Å². The van der Waals surface area contributed by atoms with Crippen LogP contribution < -0.4 is 10.6 Å². The summed E-state index contributed by atoms with van der Waals surface area (Å²) in [6.45, 7) is 6.08. The fourth-order valence-corrected chi connectivity index (χ4v) is 1.77. The van der Waals surface area contributed by atoms with Gasteiger partial charge in [-0.15, -0.1) is 0 Å². The molecule has 1 unspecified atom stereocenters. The topological polar surface area (TPSA) is 60.6 Å². The van der Waals surface area contributed by atoms with Crippen LogP contribution in [0.3, 0.4) is 0 Å². The van der Waals surface area contributed by atoms with Gasteiger partial charge in [0.1, 0.15) is 5.82 Å². The van der Waals surface area contributed by atoms with Crippen LogP contribution in [0.25, 0.3) is 0 Å². The van der Waals surface area contributed by atoms with E-state index in [9.17, 15) is 0 Å². The molecule has 0 saturated carbocycles. The Balaban J connectivity index is 2.89. The highest BCUT2D eigenvalue weighted by Crippen LogP contribution is 2.19. The van der Waals surface area contributed by atoms with E-state index in [1.807, 2.05) is 13.0 Å². The molecule has 0 aliphatic heterocycles. The molecule has 1 aromatic rings. The number of nitrogens with two attached hydrogens (primary N) is 1. The van der Waals surface area contributed by atoms with Gasteiger partial charge < -0.3 is 20.1 Å². The highest BCUT2D eigenvalue weighted by atomic mass is 16.5. The van der Waals surface area contributed by atoms with Gasteiger partial charge in [-0.05, 0) is 19.4 Å². The largest absolute Gasteiger partial charge is 0.398 e. The molecule has 0 bridgehead atoms. The number of rotatable bonds is 7. The third-order valence-electron chi connectivity index (χ3n) is 2.90. The molecule has 102 valence electrons. The molecular weight excluding hydrogens is 230 g/mol. The van der Waals surface area contributed by atoms with Crippen molar-refractivity contribution in [1.82, 2.24) is 4.98 Å². The maximum absolute atomic E-state index is 5.93. The molecular formula is C13H23N3O2. The summed E-state index contributed by atoms with van der Waals surface area (Å²) < 4.78 is 10.3. The van der Waals surface area contributed by atoms with Crippen LogP contribution in [0.2, 0.25) is 0 Å². The minimum absolute atomic E-state index is 0.222. The van der Waals surface area contributed by atoms with Crippen molar-refractivity contribution in [3.63, 3.8) is 0 Å². The van der Waals surface area contributed by atoms with Crippen molar-refractivity contribution in [1.29, 1.82) is 0 Å². The standard InChI is InChI=1S/C13H23N3O2/c1-10-8-15-13(7-12(10)14)16(5-6-17-3)11(2)9-18-4/h7-8,11H,5-6,9H2,1-4H3,(H2,14,15). The Morgan fingerprint density at radius 2 is 2.11 bits per heavy atom. The van der Waals surface area contributed by atoms with Crippen LogP contribution in [-0.4, -0.2) is 45.0 Å². The Morgan fingerprint density at radius 3 is 2.67 bits per heavy atom. The fourth-order valence-electron chi connectivity index (χ4n) is 1.77. The highest BCUT2D eigenvalue weighted by Gasteiger charge is 2.16. The highest BCUT2D eigenvalue weighted by molar-refractivity contribution is 5.55. The summed E-state index contributed by atoms with van der Waals surface area (Å²) in [4.78, 5) is 6.57. The number of hydrogen-bond donors (Lipinski definition) is 1. The van der Waals surface area contributed by atoms with Gasteiger partial charge in [0.2, 0.25) is 0 Å². The molecule has 0 spiro atoms. The summed E-state index contributed by atoms with van der Waals surface area (Å²) in [5.41, 5.74) is 7.68. The molecule has 1 atom stereocenters. The molecule has 1 rings (SSSR count). The zero-order valence-corrected chi connectivity index (χ0v) is 11.6. The van der Waals surface area contributed by atoms with Gasteiger partial charge in [0.15, 0.2) is 0 Å². The van der Waals surface area contributed by atoms with Crippen LogP contribution in [0, 0.1) is 6.92 Å². The van der Waals surface area contributed by atoms with E-state index in [-0.39, 0.29) is 6.04 Å². The Kier molecular flexibility index (Phi) is 5.88. The van der Waals surface area contributed by atoms with Crippen LogP contribution >= 0.6 is 0 Å². The van der Waals surface area contributed by atoms with Gasteiger partial charge in [-0.3, -0.25) is 0 Å². The van der Waals surface area contributed by atoms with Gasteiger partial charge in [0, 0.05) is 38.7 Å². The number of ether oxygens (including phenoxy) is 2. The Bertz CT molecular complexity index is 371. The van der Waals surface area contributed by atoms with E-state index in [2.05, 4.69) is 16.8 Å². The number of nitrogens with zero attached hydrogens (tertiary/aromatic N) is 2. The van der Waals surface area contributed by atoms with Crippen molar-refractivity contribution in [2.45, 2.75) is 19.9 Å². The Morgan fingerprint density at radius 1 is 1.39 bits per heavy atom. The SMILES string of the molecule is COCCN(c1cc(N)c(C)cn1)C(C)COC. The first-order valence-corrected chi connectivity index (χ1v) is 6.06. The van der Waals surface area contributed by atoms with E-state index in [4.69, 9.17) is 15.2 Å². The van der Waals surface area contributed by atoms with Gasteiger partial charge in [-0.2, -0.15) is 0 Å². The van der Waals surface area contributed by atoms with Gasteiger partial charge in [0.25, 0.3) is 0 Å². The molecule has 1 heterocycles. The van der Waals surface area contributed by atoms with E-state index < -0.39 is 0 Å². The Labute approximate surface area is 109 Å². The van der Waals surface area contributed by atoms with Crippen LogP contribution in [-0.2, 0) is 9.47 Å². The van der Waals surface area contributed by atoms with Crippen molar-refractivity contribution in [2.24, 2.45) is 0 Å². The van der Waals surface area contributed by atoms with Gasteiger partial charge >= 0.3 is 0 Å². The first-order chi connectivity index (χ1) is 8.60. The zero-order valence-electron chi connectivity index (χ0n) is 11.6. The molecule has 0 aliphatic carbocycles. The quantitative estimate of drug-likeness (QED) is 0.797. The van der Waals surface area contributed by atoms with Gasteiger partial charge in [-0.1, -0.05) is 0 Å². The van der Waals surface area contributed by atoms with Crippen molar-refractivity contribution >= 4 is 11.5 Å². The average Bonchev–Trinajstić information content (AvgIpc) is 2.34. The van der Waals surface area contributed by atoms with E-state index in [1.165, 1.54) is 0 Å². The summed E-state index contributed by atoms with van der Waals surface area (Å²) >= 11 is 0. The summed E-state index contributed by atoms with van der Waals surface area (Å²) in [6, 6.07) is 2.12. The minimum Gasteiger partial charge on any atom is -0.398 e. The molecule has 0 amide bonds. The smallest absolute Gasteiger partial charge is 0.130 e. The number of methoxy groups -OCH3 is 2. The zero-order chi connectivity index (χ0) is 13.5. The van der Waals surface area contributed by atoms with E-state index >= 15 is 0 Å². The van der Waals surface area contributed by atoms with Crippen molar-refractivity contribution in [3.05, 3.63) is 17.8 Å². The number of aromatic nitrogens is 1. The maximum atomic E-state index is 5.93. The molecule has 0 aliphatic rings. The lowest BCUT2D eigenvalue weighted by Gasteiger charge is -2.30. The number of pyridine rings is 1. The summed E-state index contributed by atoms with van der Waals surface area (Å²) in [6.07, 6.45) is 1.80. The second kappa shape index (κ2) is 7.18. The third kappa shape index (κ3) is 3.85. The van der Waals surface area contributed by atoms with Crippen molar-refractivity contribution in [3.8, 4) is 0 Å². The number of anilines is 2. The third-order valence-corrected chi connectivity index (χ3v) is 2.90. The molecule has 0 saturated heterocycles. The lowest BCUT2D eigenvalue weighted by Crippen LogP contribution is -2.39. The second-order valence-electron chi connectivity index (χ2n) is 4.39. The van der Waals surface area contributed by atoms with E-state index in [0.717, 1.165) is 23.6 Å². The van der Waals surface area contributed by atoms with E-state index in [1.54, 1.807) is 20.4 Å². The fraction of sp³-hybridized carbons (Fsp3) is 0.615. The molecule has 0 fully saturated rings. The maximum Gasteiger partial charge on any atom is 0.130 e. The lowest BCUT2D eigenvalue weighted by atomic mass is 10.2. The van der Waals surface area contributed by atoms with Crippen LogP contribution in [0.15, 0.2) is 12.3 Å². The molecule has 18 heavy (non-hydrogen) atoms. The first-order valence-electron chi connectivity index (χ1n) is 6.06. The van der Waals surface area contributed by atoms with Gasteiger partial charge in [0.05, 0.1) is 19.3 Å². The van der Waals surface area contributed by atoms with Crippen LogP contribution in [0.4, 0.5) is 11.5 Å². The minimum atomic E-state index is 0.222. The predicted molar refractivity (Wildman–Crippen MR) is 73.9 cm³/mol. The summed E-state index contributed by atoms with van der Waals surface area (Å²) in [7, 11) is 3.39. The predicted octanol–water partition coefficient (Wildman–Crippen LogP) is 1.46. The van der Waals surface area contributed by atoms with E-state index in [0.29, 0.717) is 13.2 Å². The van der Waals surface area contributed by atoms with Crippen LogP contribution in [0.1, 0.15) is 12.5 Å². The monoisotopic (exact) mass is 253 g/mol. The molecule has 5 nitrogen and oxygen atoms in total. The molecule has 0 radical (unpaired) electrons.